The number of amides is 1. The van der Waals surface area contributed by atoms with Crippen LogP contribution in [0.25, 0.3) is 0 Å². The van der Waals surface area contributed by atoms with Crippen LogP contribution in [0, 0.1) is 0 Å². The fourth-order valence-electron chi connectivity index (χ4n) is 2.69. The number of rotatable bonds is 5. The molecule has 0 aliphatic carbocycles. The Morgan fingerprint density at radius 1 is 1.23 bits per heavy atom. The number of anilines is 2. The molecule has 1 aliphatic rings. The van der Waals surface area contributed by atoms with Gasteiger partial charge in [0, 0.05) is 43.4 Å². The van der Waals surface area contributed by atoms with Crippen LogP contribution in [0.1, 0.15) is 5.56 Å². The lowest BCUT2D eigenvalue weighted by atomic mass is 10.1. The van der Waals surface area contributed by atoms with Crippen LogP contribution in [0.2, 0.25) is 0 Å². The number of alkyl halides is 3. The van der Waals surface area contributed by atoms with Crippen molar-refractivity contribution in [2.24, 2.45) is 0 Å². The van der Waals surface area contributed by atoms with E-state index < -0.39 is 17.7 Å². The minimum atomic E-state index is -4.34. The summed E-state index contributed by atoms with van der Waals surface area (Å²) in [6.45, 7) is 2.62. The molecule has 162 valence electrons. The number of nitrogens with zero attached hydrogens (tertiary/aromatic N) is 3. The summed E-state index contributed by atoms with van der Waals surface area (Å²) in [6, 6.07) is 5.35. The summed E-state index contributed by atoms with van der Waals surface area (Å²) in [4.78, 5) is 37.7. The number of hydrogen-bond acceptors (Lipinski definition) is 7. The molecule has 0 atom stereocenters. The van der Waals surface area contributed by atoms with E-state index in [1.165, 1.54) is 23.5 Å². The average Bonchev–Trinajstić information content (AvgIpc) is 3.21. The summed E-state index contributed by atoms with van der Waals surface area (Å²) in [5.74, 6) is -1.56. The van der Waals surface area contributed by atoms with Crippen molar-refractivity contribution in [3.8, 4) is 0 Å². The van der Waals surface area contributed by atoms with Crippen molar-refractivity contribution >= 4 is 40.3 Å². The van der Waals surface area contributed by atoms with E-state index >= 15 is 0 Å². The lowest BCUT2D eigenvalue weighted by Gasteiger charge is -2.35. The standard InChI is InChI=1S/C16H17F3N4OS.C2H2O3/c17-16(18,19)12-2-1-3-13(10-12)23-7-5-22(6-8-23)11-14(24)21-15-20-4-9-25-15;3-1-2(4)5/h1-4,9-10H,5-8,11H2,(H,20,21,24);1H,(H,4,5). The fourth-order valence-corrected chi connectivity index (χ4v) is 3.24. The third-order valence-corrected chi connectivity index (χ3v) is 4.75. The minimum absolute atomic E-state index is 0.137. The highest BCUT2D eigenvalue weighted by molar-refractivity contribution is 7.13. The lowest BCUT2D eigenvalue weighted by molar-refractivity contribution is -0.143. The molecule has 1 saturated heterocycles. The number of carbonyl (C=O) groups is 3. The molecule has 2 heterocycles. The van der Waals surface area contributed by atoms with Crippen LogP contribution in [-0.4, -0.2) is 65.9 Å². The Hall–Kier alpha value is -2.99. The topological polar surface area (TPSA) is 103 Å². The van der Waals surface area contributed by atoms with E-state index in [4.69, 9.17) is 14.7 Å². The SMILES string of the molecule is O=C(CN1CCN(c2cccc(C(F)(F)F)c2)CC1)Nc1nccs1.O=CC(=O)O. The summed E-state index contributed by atoms with van der Waals surface area (Å²) in [5.41, 5.74) is -0.0861. The maximum atomic E-state index is 12.8. The zero-order chi connectivity index (χ0) is 22.1. The Morgan fingerprint density at radius 3 is 2.43 bits per heavy atom. The Balaban J connectivity index is 0.000000575. The van der Waals surface area contributed by atoms with Gasteiger partial charge in [-0.25, -0.2) is 9.78 Å². The molecule has 0 radical (unpaired) electrons. The highest BCUT2D eigenvalue weighted by Gasteiger charge is 2.31. The van der Waals surface area contributed by atoms with Crippen LogP contribution in [0.15, 0.2) is 35.8 Å². The van der Waals surface area contributed by atoms with Crippen molar-refractivity contribution in [3.05, 3.63) is 41.4 Å². The van der Waals surface area contributed by atoms with Crippen LogP contribution >= 0.6 is 11.3 Å². The Morgan fingerprint density at radius 2 is 1.90 bits per heavy atom. The van der Waals surface area contributed by atoms with Crippen molar-refractivity contribution in [1.82, 2.24) is 9.88 Å². The molecule has 30 heavy (non-hydrogen) atoms. The molecule has 8 nitrogen and oxygen atoms in total. The van der Waals surface area contributed by atoms with Gasteiger partial charge in [-0.2, -0.15) is 13.2 Å². The van der Waals surface area contributed by atoms with Gasteiger partial charge in [0.1, 0.15) is 0 Å². The van der Waals surface area contributed by atoms with Gasteiger partial charge in [-0.15, -0.1) is 11.3 Å². The predicted octanol–water partition coefficient (Wildman–Crippen LogP) is 2.19. The lowest BCUT2D eigenvalue weighted by Crippen LogP contribution is -2.48. The minimum Gasteiger partial charge on any atom is -0.476 e. The molecular formula is C18H19F3N4O4S. The highest BCUT2D eigenvalue weighted by Crippen LogP contribution is 2.31. The van der Waals surface area contributed by atoms with Crippen molar-refractivity contribution in [2.45, 2.75) is 6.18 Å². The fraction of sp³-hybridized carbons (Fsp3) is 0.333. The van der Waals surface area contributed by atoms with Gasteiger partial charge in [0.25, 0.3) is 0 Å². The molecule has 3 rings (SSSR count). The summed E-state index contributed by atoms with van der Waals surface area (Å²) in [5, 5.41) is 12.4. The largest absolute Gasteiger partial charge is 0.476 e. The van der Waals surface area contributed by atoms with Crippen LogP contribution in [0.4, 0.5) is 24.0 Å². The first-order valence-corrected chi connectivity index (χ1v) is 9.59. The van der Waals surface area contributed by atoms with Crippen LogP contribution < -0.4 is 10.2 Å². The monoisotopic (exact) mass is 444 g/mol. The van der Waals surface area contributed by atoms with E-state index in [-0.39, 0.29) is 18.7 Å². The molecule has 2 aromatic rings. The van der Waals surface area contributed by atoms with Crippen LogP contribution in [0.5, 0.6) is 0 Å². The Kier molecular flexibility index (Phi) is 8.30. The van der Waals surface area contributed by atoms with Gasteiger partial charge >= 0.3 is 12.1 Å². The van der Waals surface area contributed by atoms with Crippen LogP contribution in [-0.2, 0) is 20.6 Å². The molecule has 1 fully saturated rings. The second-order valence-corrected chi connectivity index (χ2v) is 7.05. The number of nitrogens with one attached hydrogen (secondary N) is 1. The Bertz CT molecular complexity index is 853. The number of carboxylic acids is 1. The molecule has 12 heteroatoms. The molecule has 1 aromatic heterocycles. The summed E-state index contributed by atoms with van der Waals surface area (Å²) in [6.07, 6.45) is -2.89. The smallest absolute Gasteiger partial charge is 0.416 e. The third kappa shape index (κ3) is 7.44. The second-order valence-electron chi connectivity index (χ2n) is 6.15. The van der Waals surface area contributed by atoms with Gasteiger partial charge in [-0.3, -0.25) is 14.5 Å². The molecule has 0 spiro atoms. The normalized spacial score (nSPS) is 14.4. The molecule has 1 amide bonds. The number of benzene rings is 1. The maximum absolute atomic E-state index is 12.8. The van der Waals surface area contributed by atoms with E-state index in [1.807, 2.05) is 9.80 Å². The summed E-state index contributed by atoms with van der Waals surface area (Å²) in [7, 11) is 0. The molecule has 1 aromatic carbocycles. The first kappa shape index (κ1) is 23.3. The zero-order valence-corrected chi connectivity index (χ0v) is 16.4. The zero-order valence-electron chi connectivity index (χ0n) is 15.6. The third-order valence-electron chi connectivity index (χ3n) is 4.06. The number of hydrogen-bond donors (Lipinski definition) is 2. The van der Waals surface area contributed by atoms with Gasteiger partial charge < -0.3 is 15.3 Å². The number of halogens is 3. The molecule has 0 unspecified atom stereocenters. The van der Waals surface area contributed by atoms with E-state index in [1.54, 1.807) is 17.6 Å². The van der Waals surface area contributed by atoms with E-state index in [9.17, 15) is 18.0 Å². The maximum Gasteiger partial charge on any atom is 0.416 e. The van der Waals surface area contributed by atoms with Gasteiger partial charge in [0.2, 0.25) is 12.2 Å². The summed E-state index contributed by atoms with van der Waals surface area (Å²) >= 11 is 1.35. The first-order valence-electron chi connectivity index (χ1n) is 8.71. The number of thiazole rings is 1. The number of aliphatic carboxylic acids is 1. The highest BCUT2D eigenvalue weighted by atomic mass is 32.1. The molecule has 0 bridgehead atoms. The number of piperazine rings is 1. The van der Waals surface area contributed by atoms with Gasteiger partial charge in [-0.05, 0) is 18.2 Å². The van der Waals surface area contributed by atoms with Gasteiger partial charge in [-0.1, -0.05) is 6.07 Å². The quantitative estimate of drug-likeness (QED) is 0.538. The van der Waals surface area contributed by atoms with Crippen molar-refractivity contribution < 1.29 is 32.7 Å². The molecule has 1 aliphatic heterocycles. The second kappa shape index (κ2) is 10.7. The Labute approximate surface area is 173 Å². The first-order chi connectivity index (χ1) is 14.2. The number of carboxylic acid groups (broad SMARTS) is 1. The van der Waals surface area contributed by atoms with Crippen molar-refractivity contribution in [3.63, 3.8) is 0 Å². The van der Waals surface area contributed by atoms with E-state index in [0.29, 0.717) is 37.0 Å². The number of aldehydes is 1. The van der Waals surface area contributed by atoms with E-state index in [2.05, 4.69) is 10.3 Å². The van der Waals surface area contributed by atoms with Crippen LogP contribution in [0.3, 0.4) is 0 Å². The predicted molar refractivity (Wildman–Crippen MR) is 105 cm³/mol. The molecule has 2 N–H and O–H groups in total. The van der Waals surface area contributed by atoms with Crippen molar-refractivity contribution in [1.29, 1.82) is 0 Å². The molecular weight excluding hydrogens is 425 g/mol. The average molecular weight is 444 g/mol. The van der Waals surface area contributed by atoms with Gasteiger partial charge in [0.05, 0.1) is 12.1 Å². The van der Waals surface area contributed by atoms with Crippen molar-refractivity contribution in [2.75, 3.05) is 42.9 Å². The summed E-state index contributed by atoms with van der Waals surface area (Å²) < 4.78 is 38.5. The number of aromatic nitrogens is 1. The number of carbonyl (C=O) groups excluding carboxylic acids is 2. The van der Waals surface area contributed by atoms with E-state index in [0.717, 1.165) is 6.07 Å². The van der Waals surface area contributed by atoms with Gasteiger partial charge in [0.15, 0.2) is 5.13 Å². The molecule has 0 saturated carbocycles.